The maximum Gasteiger partial charge on any atom is -0.0128 e. The largest absolute Gasteiger partial charge is 0.133 e. The summed E-state index contributed by atoms with van der Waals surface area (Å²) in [7, 11) is 8.39. The maximum absolute atomic E-state index is 2.81. The van der Waals surface area contributed by atoms with E-state index < -0.39 is 0 Å². The highest BCUT2D eigenvalue weighted by atomic mass is 31.0. The Balaban J connectivity index is 2.48. The van der Waals surface area contributed by atoms with Gasteiger partial charge in [-0.05, 0) is 46.3 Å². The van der Waals surface area contributed by atoms with Crippen molar-refractivity contribution in [1.29, 1.82) is 0 Å². The van der Waals surface area contributed by atoms with Crippen molar-refractivity contribution in [3.05, 3.63) is 59.2 Å². The zero-order chi connectivity index (χ0) is 13.0. The highest BCUT2D eigenvalue weighted by Gasteiger charge is 2.02. The van der Waals surface area contributed by atoms with Crippen LogP contribution in [0.15, 0.2) is 42.5 Å². The zero-order valence-corrected chi connectivity index (χ0v) is 13.9. The molecule has 0 saturated heterocycles. The first-order chi connectivity index (χ1) is 8.76. The Morgan fingerprint density at radius 1 is 0.611 bits per heavy atom. The van der Waals surface area contributed by atoms with Gasteiger partial charge in [-0.15, -0.1) is 27.7 Å². The minimum atomic E-state index is 1.01. The molecule has 0 spiro atoms. The van der Waals surface area contributed by atoms with Crippen LogP contribution in [0.1, 0.15) is 16.7 Å². The Morgan fingerprint density at radius 2 is 1.17 bits per heavy atom. The van der Waals surface area contributed by atoms with E-state index in [-0.39, 0.29) is 0 Å². The second-order valence-corrected chi connectivity index (χ2v) is 5.58. The minimum Gasteiger partial charge on any atom is -0.133 e. The van der Waals surface area contributed by atoms with Gasteiger partial charge >= 0.3 is 0 Å². The molecule has 94 valence electrons. The van der Waals surface area contributed by atoms with Crippen LogP contribution in [0, 0.1) is 0 Å². The SMILES string of the molecule is PCc1cccc(-c2cc(CP)cc(CP)c2)c1. The van der Waals surface area contributed by atoms with Gasteiger partial charge in [0.25, 0.3) is 0 Å². The topological polar surface area (TPSA) is 0 Å². The molecular formula is C15H19P3. The first-order valence-corrected chi connectivity index (χ1v) is 8.54. The number of hydrogen-bond donors (Lipinski definition) is 0. The van der Waals surface area contributed by atoms with Crippen LogP contribution in [0.3, 0.4) is 0 Å². The zero-order valence-electron chi connectivity index (χ0n) is 10.4. The third-order valence-corrected chi connectivity index (χ3v) is 4.43. The maximum atomic E-state index is 2.81. The summed E-state index contributed by atoms with van der Waals surface area (Å²) in [5.74, 6) is 0. The molecule has 0 N–H and O–H groups in total. The van der Waals surface area contributed by atoms with E-state index in [0.29, 0.717) is 0 Å². The molecule has 0 nitrogen and oxygen atoms in total. The summed E-state index contributed by atoms with van der Waals surface area (Å²) < 4.78 is 0. The molecule has 0 bridgehead atoms. The predicted octanol–water partition coefficient (Wildman–Crippen LogP) is 4.48. The Kier molecular flexibility index (Phi) is 5.32. The van der Waals surface area contributed by atoms with Gasteiger partial charge in [0.2, 0.25) is 0 Å². The molecule has 0 aliphatic heterocycles. The monoisotopic (exact) mass is 292 g/mol. The quantitative estimate of drug-likeness (QED) is 0.729. The summed E-state index contributed by atoms with van der Waals surface area (Å²) in [4.78, 5) is 0. The summed E-state index contributed by atoms with van der Waals surface area (Å²) in [5, 5.41) is 0. The van der Waals surface area contributed by atoms with Crippen molar-refractivity contribution in [1.82, 2.24) is 0 Å². The number of rotatable bonds is 4. The molecule has 0 saturated carbocycles. The van der Waals surface area contributed by atoms with E-state index >= 15 is 0 Å². The van der Waals surface area contributed by atoms with Gasteiger partial charge < -0.3 is 0 Å². The summed E-state index contributed by atoms with van der Waals surface area (Å²) in [6, 6.07) is 15.6. The Morgan fingerprint density at radius 3 is 1.72 bits per heavy atom. The molecular weight excluding hydrogens is 273 g/mol. The molecule has 0 aliphatic rings. The van der Waals surface area contributed by atoms with Gasteiger partial charge in [-0.25, -0.2) is 0 Å². The van der Waals surface area contributed by atoms with Crippen molar-refractivity contribution in [2.24, 2.45) is 0 Å². The van der Waals surface area contributed by atoms with Crippen molar-refractivity contribution in [3.8, 4) is 11.1 Å². The fraction of sp³-hybridized carbons (Fsp3) is 0.200. The number of benzene rings is 2. The molecule has 0 aromatic heterocycles. The van der Waals surface area contributed by atoms with E-state index in [1.165, 1.54) is 27.8 Å². The summed E-state index contributed by atoms with van der Waals surface area (Å²) in [5.41, 5.74) is 6.77. The molecule has 3 unspecified atom stereocenters. The lowest BCUT2D eigenvalue weighted by Crippen LogP contribution is -1.88. The fourth-order valence-corrected chi connectivity index (χ4v) is 2.77. The summed E-state index contributed by atoms with van der Waals surface area (Å²) in [6.07, 6.45) is 3.03. The summed E-state index contributed by atoms with van der Waals surface area (Å²) >= 11 is 0. The normalized spacial score (nSPS) is 10.6. The highest BCUT2D eigenvalue weighted by Crippen LogP contribution is 2.26. The fourth-order valence-electron chi connectivity index (χ4n) is 2.04. The number of hydrogen-bond acceptors (Lipinski definition) is 0. The van der Waals surface area contributed by atoms with Crippen molar-refractivity contribution in [2.75, 3.05) is 0 Å². The van der Waals surface area contributed by atoms with Gasteiger partial charge in [-0.3, -0.25) is 0 Å². The van der Waals surface area contributed by atoms with Crippen molar-refractivity contribution in [2.45, 2.75) is 18.5 Å². The van der Waals surface area contributed by atoms with Crippen molar-refractivity contribution >= 4 is 27.7 Å². The van der Waals surface area contributed by atoms with E-state index in [4.69, 9.17) is 0 Å². The second-order valence-electron chi connectivity index (χ2n) is 4.35. The minimum absolute atomic E-state index is 1.01. The molecule has 0 heterocycles. The van der Waals surface area contributed by atoms with Crippen LogP contribution in [-0.4, -0.2) is 0 Å². The molecule has 3 heteroatoms. The molecule has 0 fully saturated rings. The summed E-state index contributed by atoms with van der Waals surface area (Å²) in [6.45, 7) is 0. The van der Waals surface area contributed by atoms with E-state index in [0.717, 1.165) is 18.5 Å². The molecule has 0 amide bonds. The lowest BCUT2D eigenvalue weighted by molar-refractivity contribution is 1.33. The second kappa shape index (κ2) is 6.77. The van der Waals surface area contributed by atoms with Crippen LogP contribution in [0.25, 0.3) is 11.1 Å². The van der Waals surface area contributed by atoms with Crippen LogP contribution < -0.4 is 0 Å². The first kappa shape index (κ1) is 14.1. The highest BCUT2D eigenvalue weighted by molar-refractivity contribution is 7.15. The van der Waals surface area contributed by atoms with Crippen molar-refractivity contribution < 1.29 is 0 Å². The lowest BCUT2D eigenvalue weighted by Gasteiger charge is -2.09. The van der Waals surface area contributed by atoms with Crippen LogP contribution in [0.2, 0.25) is 0 Å². The van der Waals surface area contributed by atoms with Crippen LogP contribution in [0.5, 0.6) is 0 Å². The Hall–Kier alpha value is -0.270. The molecule has 0 aliphatic carbocycles. The molecule has 18 heavy (non-hydrogen) atoms. The van der Waals surface area contributed by atoms with Gasteiger partial charge in [0.1, 0.15) is 0 Å². The average molecular weight is 292 g/mol. The van der Waals surface area contributed by atoms with Gasteiger partial charge in [0.15, 0.2) is 0 Å². The Labute approximate surface area is 117 Å². The third kappa shape index (κ3) is 3.39. The van der Waals surface area contributed by atoms with Gasteiger partial charge in [-0.2, -0.15) is 0 Å². The Bertz CT molecular complexity index is 513. The van der Waals surface area contributed by atoms with Gasteiger partial charge in [-0.1, -0.05) is 42.5 Å². The molecule has 2 rings (SSSR count). The van der Waals surface area contributed by atoms with Crippen molar-refractivity contribution in [3.63, 3.8) is 0 Å². The third-order valence-electron chi connectivity index (χ3n) is 3.02. The average Bonchev–Trinajstić information content (AvgIpc) is 2.46. The first-order valence-electron chi connectivity index (χ1n) is 6.09. The predicted molar refractivity (Wildman–Crippen MR) is 92.1 cm³/mol. The van der Waals surface area contributed by atoms with Crippen LogP contribution >= 0.6 is 27.7 Å². The van der Waals surface area contributed by atoms with Crippen LogP contribution in [-0.2, 0) is 18.5 Å². The van der Waals surface area contributed by atoms with Gasteiger partial charge in [0, 0.05) is 0 Å². The molecule has 2 aromatic rings. The van der Waals surface area contributed by atoms with E-state index in [2.05, 4.69) is 70.2 Å². The van der Waals surface area contributed by atoms with Crippen LogP contribution in [0.4, 0.5) is 0 Å². The van der Waals surface area contributed by atoms with E-state index in [1.807, 2.05) is 0 Å². The lowest BCUT2D eigenvalue weighted by atomic mass is 9.99. The van der Waals surface area contributed by atoms with E-state index in [9.17, 15) is 0 Å². The van der Waals surface area contributed by atoms with E-state index in [1.54, 1.807) is 0 Å². The van der Waals surface area contributed by atoms with Gasteiger partial charge in [0.05, 0.1) is 0 Å². The molecule has 3 atom stereocenters. The standard InChI is InChI=1S/C15H19P3/c16-8-11-2-1-3-14(5-11)15-6-12(9-17)4-13(7-15)10-18/h1-7H,8-10,16-18H2. The smallest absolute Gasteiger partial charge is 0.0128 e. The molecule has 0 radical (unpaired) electrons. The molecule has 2 aromatic carbocycles.